The first-order chi connectivity index (χ1) is 16.5. The zero-order valence-corrected chi connectivity index (χ0v) is 18.9. The first-order valence-corrected chi connectivity index (χ1v) is 11.4. The van der Waals surface area contributed by atoms with E-state index >= 15 is 0 Å². The lowest BCUT2D eigenvalue weighted by molar-refractivity contribution is 0.180. The highest BCUT2D eigenvalue weighted by molar-refractivity contribution is 5.57. The Bertz CT molecular complexity index is 1220. The molecule has 0 bridgehead atoms. The highest BCUT2D eigenvalue weighted by Crippen LogP contribution is 2.33. The molecule has 2 heterocycles. The molecule has 1 atom stereocenters. The highest BCUT2D eigenvalue weighted by atomic mass is 19.1. The molecule has 2 aromatic carbocycles. The van der Waals surface area contributed by atoms with Crippen molar-refractivity contribution in [2.45, 2.75) is 25.4 Å². The van der Waals surface area contributed by atoms with Crippen molar-refractivity contribution in [3.05, 3.63) is 75.7 Å². The fraction of sp³-hybridized carbons (Fsp3) is 0.360. The smallest absolute Gasteiger partial charge is 0.316 e. The first-order valence-electron chi connectivity index (χ1n) is 11.4. The number of fused-ring (bicyclic) bond motifs is 1. The van der Waals surface area contributed by atoms with Gasteiger partial charge in [0, 0.05) is 44.2 Å². The van der Waals surface area contributed by atoms with E-state index in [1.54, 1.807) is 13.3 Å². The van der Waals surface area contributed by atoms with Gasteiger partial charge in [-0.3, -0.25) is 4.79 Å². The molecule has 5 rings (SSSR count). The number of benzene rings is 2. The average molecular weight is 469 g/mol. The van der Waals surface area contributed by atoms with Crippen molar-refractivity contribution in [3.8, 4) is 17.2 Å². The van der Waals surface area contributed by atoms with Crippen LogP contribution in [0.15, 0.2) is 47.4 Å². The van der Waals surface area contributed by atoms with Crippen molar-refractivity contribution in [1.29, 1.82) is 0 Å². The maximum atomic E-state index is 13.9. The molecular weight excluding hydrogens is 442 g/mol. The maximum Gasteiger partial charge on any atom is 0.316 e. The van der Waals surface area contributed by atoms with Crippen molar-refractivity contribution in [1.82, 2.24) is 15.1 Å². The molecular formula is C25H26F2N4O3. The number of aryl methyl sites for hydroxylation is 1. The lowest BCUT2D eigenvalue weighted by Gasteiger charge is -2.32. The molecule has 1 fully saturated rings. The third kappa shape index (κ3) is 4.35. The second-order valence-corrected chi connectivity index (χ2v) is 8.52. The minimum absolute atomic E-state index is 0.00914. The minimum atomic E-state index is -0.784. The molecule has 0 amide bonds. The number of anilines is 1. The Kier molecular flexibility index (Phi) is 6.19. The topological polar surface area (TPSA) is 68.6 Å². The second-order valence-electron chi connectivity index (χ2n) is 8.52. The lowest BCUT2D eigenvalue weighted by atomic mass is 9.89. The summed E-state index contributed by atoms with van der Waals surface area (Å²) in [6.45, 7) is 2.92. The summed E-state index contributed by atoms with van der Waals surface area (Å²) in [5, 5.41) is 7.52. The predicted octanol–water partition coefficient (Wildman–Crippen LogP) is 2.87. The van der Waals surface area contributed by atoms with Crippen LogP contribution in [-0.4, -0.2) is 49.2 Å². The van der Waals surface area contributed by atoms with Crippen molar-refractivity contribution in [3.63, 3.8) is 0 Å². The Labute approximate surface area is 195 Å². The quantitative estimate of drug-likeness (QED) is 0.621. The van der Waals surface area contributed by atoms with Gasteiger partial charge >= 0.3 is 5.56 Å². The largest absolute Gasteiger partial charge is 0.496 e. The van der Waals surface area contributed by atoms with Gasteiger partial charge in [-0.2, -0.15) is 9.78 Å². The van der Waals surface area contributed by atoms with Gasteiger partial charge in [0.05, 0.1) is 19.0 Å². The van der Waals surface area contributed by atoms with E-state index in [-0.39, 0.29) is 17.5 Å². The van der Waals surface area contributed by atoms with Crippen molar-refractivity contribution in [2.75, 3.05) is 38.2 Å². The van der Waals surface area contributed by atoms with E-state index in [0.29, 0.717) is 25.2 Å². The van der Waals surface area contributed by atoms with Crippen LogP contribution in [0.1, 0.15) is 17.5 Å². The van der Waals surface area contributed by atoms with E-state index in [1.807, 2.05) is 17.0 Å². The Morgan fingerprint density at radius 3 is 2.62 bits per heavy atom. The number of piperazine rings is 1. The van der Waals surface area contributed by atoms with Crippen LogP contribution in [0.2, 0.25) is 0 Å². The highest BCUT2D eigenvalue weighted by Gasteiger charge is 2.27. The molecule has 1 unspecified atom stereocenters. The van der Waals surface area contributed by atoms with Crippen LogP contribution in [-0.2, 0) is 12.8 Å². The summed E-state index contributed by atoms with van der Waals surface area (Å²) < 4.78 is 40.6. The number of hydrogen-bond donors (Lipinski definition) is 1. The van der Waals surface area contributed by atoms with Crippen LogP contribution in [0, 0.1) is 11.6 Å². The normalized spacial score (nSPS) is 17.9. The Morgan fingerprint density at radius 2 is 1.88 bits per heavy atom. The van der Waals surface area contributed by atoms with E-state index in [2.05, 4.69) is 16.5 Å². The second kappa shape index (κ2) is 9.42. The van der Waals surface area contributed by atoms with Gasteiger partial charge in [-0.15, -0.1) is 0 Å². The standard InChI is InChI=1S/C25H26F2N4O3/c1-33-23-4-2-3-16-5-6-20(14-21(16)23)34-24-22(30-9-7-28-8-10-30)15-29-31(25(24)32)19-12-17(26)11-18(27)13-19/h2-4,11-13,15,20,28H,5-10,14H2,1H3. The fourth-order valence-electron chi connectivity index (χ4n) is 4.70. The number of methoxy groups -OCH3 is 1. The van der Waals surface area contributed by atoms with Crippen molar-refractivity contribution in [2.24, 2.45) is 0 Å². The van der Waals surface area contributed by atoms with Crippen LogP contribution in [0.25, 0.3) is 5.69 Å². The van der Waals surface area contributed by atoms with E-state index in [4.69, 9.17) is 9.47 Å². The van der Waals surface area contributed by atoms with Gasteiger partial charge in [0.2, 0.25) is 5.75 Å². The molecule has 1 N–H and O–H groups in total. The van der Waals surface area contributed by atoms with E-state index < -0.39 is 17.2 Å². The number of rotatable bonds is 5. The summed E-state index contributed by atoms with van der Waals surface area (Å²) in [7, 11) is 1.64. The summed E-state index contributed by atoms with van der Waals surface area (Å²) in [5.41, 5.74) is 2.34. The molecule has 7 nitrogen and oxygen atoms in total. The third-order valence-electron chi connectivity index (χ3n) is 6.37. The van der Waals surface area contributed by atoms with Crippen LogP contribution >= 0.6 is 0 Å². The molecule has 2 aliphatic rings. The lowest BCUT2D eigenvalue weighted by Crippen LogP contribution is -2.44. The molecule has 0 spiro atoms. The van der Waals surface area contributed by atoms with Crippen LogP contribution in [0.4, 0.5) is 14.5 Å². The molecule has 0 radical (unpaired) electrons. The van der Waals surface area contributed by atoms with Gasteiger partial charge in [-0.1, -0.05) is 12.1 Å². The van der Waals surface area contributed by atoms with Crippen molar-refractivity contribution >= 4 is 5.69 Å². The molecule has 1 aromatic heterocycles. The number of hydrogen-bond acceptors (Lipinski definition) is 6. The predicted molar refractivity (Wildman–Crippen MR) is 124 cm³/mol. The van der Waals surface area contributed by atoms with Crippen LogP contribution in [0.3, 0.4) is 0 Å². The molecule has 9 heteroatoms. The summed E-state index contributed by atoms with van der Waals surface area (Å²) in [5.74, 6) is -0.623. The first kappa shape index (κ1) is 22.3. The van der Waals surface area contributed by atoms with Gasteiger partial charge in [-0.05, 0) is 36.6 Å². The molecule has 1 aliphatic heterocycles. The van der Waals surface area contributed by atoms with E-state index in [9.17, 15) is 13.6 Å². The van der Waals surface area contributed by atoms with Crippen LogP contribution < -0.4 is 25.2 Å². The Morgan fingerprint density at radius 1 is 1.12 bits per heavy atom. The zero-order chi connectivity index (χ0) is 23.7. The van der Waals surface area contributed by atoms with Crippen molar-refractivity contribution < 1.29 is 18.3 Å². The number of ether oxygens (including phenoxy) is 2. The summed E-state index contributed by atoms with van der Waals surface area (Å²) in [6.07, 6.45) is 3.42. The monoisotopic (exact) mass is 468 g/mol. The van der Waals surface area contributed by atoms with Gasteiger partial charge in [0.15, 0.2) is 0 Å². The molecule has 3 aromatic rings. The molecule has 34 heavy (non-hydrogen) atoms. The number of nitrogens with one attached hydrogen (secondary N) is 1. The SMILES string of the molecule is COc1cccc2c1CC(Oc1c(N3CCNCC3)cnn(-c3cc(F)cc(F)c3)c1=O)CC2. The van der Waals surface area contributed by atoms with E-state index in [0.717, 1.165) is 60.1 Å². The Hall–Kier alpha value is -3.46. The molecule has 0 saturated carbocycles. The number of halogens is 2. The summed E-state index contributed by atoms with van der Waals surface area (Å²) >= 11 is 0. The van der Waals surface area contributed by atoms with Gasteiger partial charge in [0.1, 0.15) is 29.2 Å². The Balaban J connectivity index is 1.54. The number of aromatic nitrogens is 2. The minimum Gasteiger partial charge on any atom is -0.496 e. The maximum absolute atomic E-state index is 13.9. The third-order valence-corrected chi connectivity index (χ3v) is 6.37. The van der Waals surface area contributed by atoms with Gasteiger partial charge < -0.3 is 19.7 Å². The van der Waals surface area contributed by atoms with E-state index in [1.165, 1.54) is 5.56 Å². The van der Waals surface area contributed by atoms with Gasteiger partial charge in [-0.25, -0.2) is 8.78 Å². The molecule has 1 aliphatic carbocycles. The zero-order valence-electron chi connectivity index (χ0n) is 18.9. The molecule has 178 valence electrons. The average Bonchev–Trinajstić information content (AvgIpc) is 2.84. The van der Waals surface area contributed by atoms with Crippen LogP contribution in [0.5, 0.6) is 11.5 Å². The molecule has 1 saturated heterocycles. The summed E-state index contributed by atoms with van der Waals surface area (Å²) in [6, 6.07) is 8.89. The number of nitrogens with zero attached hydrogens (tertiary/aromatic N) is 3. The van der Waals surface area contributed by atoms with Gasteiger partial charge in [0.25, 0.3) is 0 Å². The fourth-order valence-corrected chi connectivity index (χ4v) is 4.70. The summed E-state index contributed by atoms with van der Waals surface area (Å²) in [4.78, 5) is 15.6.